The number of nitriles is 1. The first-order valence-corrected chi connectivity index (χ1v) is 15.8. The molecule has 41 heavy (non-hydrogen) atoms. The molecule has 1 aliphatic rings. The Hall–Kier alpha value is -4.10. The van der Waals surface area contributed by atoms with Crippen LogP contribution in [0.25, 0.3) is 38.8 Å². The summed E-state index contributed by atoms with van der Waals surface area (Å²) in [7, 11) is -3.68. The summed E-state index contributed by atoms with van der Waals surface area (Å²) in [6, 6.07) is 26.8. The number of aromatic nitrogens is 3. The first-order valence-electron chi connectivity index (χ1n) is 13.6. The highest BCUT2D eigenvalue weighted by molar-refractivity contribution is 7.89. The number of hydrogen-bond donors (Lipinski definition) is 0. The Morgan fingerprint density at radius 1 is 1.00 bits per heavy atom. The van der Waals surface area contributed by atoms with Gasteiger partial charge in [-0.3, -0.25) is 0 Å². The maximum atomic E-state index is 13.7. The predicted molar refractivity (Wildman–Crippen MR) is 164 cm³/mol. The minimum atomic E-state index is -3.68. The number of sulfonamides is 1. The number of rotatable bonds is 6. The Bertz CT molecular complexity index is 1860. The zero-order valence-electron chi connectivity index (χ0n) is 22.8. The van der Waals surface area contributed by atoms with Crippen LogP contribution in [0.15, 0.2) is 90.0 Å². The number of fused-ring (bicyclic) bond motifs is 1. The molecule has 1 saturated heterocycles. The second kappa shape index (κ2) is 11.1. The van der Waals surface area contributed by atoms with Gasteiger partial charge in [-0.1, -0.05) is 56.3 Å². The topological polar surface area (TPSA) is 91.9 Å². The summed E-state index contributed by atoms with van der Waals surface area (Å²) in [5.74, 6) is 0.615. The Balaban J connectivity index is 1.46. The molecule has 1 fully saturated rings. The number of benzene rings is 3. The van der Waals surface area contributed by atoms with Crippen LogP contribution in [-0.4, -0.2) is 40.6 Å². The molecule has 5 aromatic rings. The maximum Gasteiger partial charge on any atom is 0.243 e. The van der Waals surface area contributed by atoms with Crippen LogP contribution in [0.1, 0.15) is 30.8 Å². The molecule has 0 radical (unpaired) electrons. The molecule has 6 rings (SSSR count). The van der Waals surface area contributed by atoms with Crippen LogP contribution < -0.4 is 0 Å². The van der Waals surface area contributed by atoms with Gasteiger partial charge in [-0.2, -0.15) is 14.7 Å². The van der Waals surface area contributed by atoms with Crippen molar-refractivity contribution >= 4 is 43.2 Å². The molecular weight excluding hydrogens is 551 g/mol. The molecular formula is C32H29N5O2S2. The average Bonchev–Trinajstić information content (AvgIpc) is 3.60. The van der Waals surface area contributed by atoms with Gasteiger partial charge in [0.05, 0.1) is 26.4 Å². The highest BCUT2D eigenvalue weighted by Crippen LogP contribution is 2.33. The van der Waals surface area contributed by atoms with Gasteiger partial charge in [0, 0.05) is 30.4 Å². The van der Waals surface area contributed by atoms with Crippen molar-refractivity contribution in [2.75, 3.05) is 13.1 Å². The molecule has 0 aliphatic carbocycles. The van der Waals surface area contributed by atoms with Crippen molar-refractivity contribution in [2.24, 2.45) is 11.8 Å². The fraction of sp³-hybridized carbons (Fsp3) is 0.219. The lowest BCUT2D eigenvalue weighted by atomic mass is 9.94. The minimum Gasteiger partial charge on any atom is -0.240 e. The van der Waals surface area contributed by atoms with Crippen LogP contribution >= 0.6 is 11.3 Å². The molecule has 0 amide bonds. The van der Waals surface area contributed by atoms with Gasteiger partial charge in [-0.25, -0.2) is 18.1 Å². The second-order valence-corrected chi connectivity index (χ2v) is 13.6. The molecule has 0 N–H and O–H groups in total. The van der Waals surface area contributed by atoms with Crippen LogP contribution in [0.5, 0.6) is 0 Å². The number of nitrogens with zero attached hydrogens (tertiary/aromatic N) is 5. The van der Waals surface area contributed by atoms with Gasteiger partial charge < -0.3 is 0 Å². The highest BCUT2D eigenvalue weighted by atomic mass is 32.2. The number of thiazole rings is 1. The zero-order chi connectivity index (χ0) is 28.6. The van der Waals surface area contributed by atoms with E-state index in [2.05, 4.69) is 24.9 Å². The van der Waals surface area contributed by atoms with E-state index in [-0.39, 0.29) is 4.90 Å². The van der Waals surface area contributed by atoms with Crippen molar-refractivity contribution in [3.63, 3.8) is 0 Å². The SMILES string of the molecule is CC1CC(C)CN(S(=O)(=O)c2cccc(-c3nn(-c4ccccc4)cc3/C=C(/C#N)c3nc4ccccc4s3)c2)C1. The lowest BCUT2D eigenvalue weighted by Crippen LogP contribution is -2.42. The van der Waals surface area contributed by atoms with Crippen molar-refractivity contribution in [2.45, 2.75) is 25.2 Å². The molecule has 7 nitrogen and oxygen atoms in total. The van der Waals surface area contributed by atoms with Crippen molar-refractivity contribution in [1.82, 2.24) is 19.1 Å². The second-order valence-electron chi connectivity index (χ2n) is 10.7. The first kappa shape index (κ1) is 27.1. The Morgan fingerprint density at radius 3 is 2.46 bits per heavy atom. The van der Waals surface area contributed by atoms with Gasteiger partial charge in [0.15, 0.2) is 0 Å². The van der Waals surface area contributed by atoms with E-state index < -0.39 is 10.0 Å². The molecule has 2 atom stereocenters. The van der Waals surface area contributed by atoms with Gasteiger partial charge in [0.1, 0.15) is 16.8 Å². The van der Waals surface area contributed by atoms with Crippen molar-refractivity contribution < 1.29 is 8.42 Å². The molecule has 2 aromatic heterocycles. The molecule has 0 spiro atoms. The van der Waals surface area contributed by atoms with E-state index in [0.717, 1.165) is 22.3 Å². The molecule has 3 heterocycles. The van der Waals surface area contributed by atoms with Gasteiger partial charge in [0.25, 0.3) is 0 Å². The highest BCUT2D eigenvalue weighted by Gasteiger charge is 2.32. The van der Waals surface area contributed by atoms with E-state index >= 15 is 0 Å². The summed E-state index contributed by atoms with van der Waals surface area (Å²) in [6.45, 7) is 5.23. The van der Waals surface area contributed by atoms with Crippen molar-refractivity contribution in [1.29, 1.82) is 5.26 Å². The average molecular weight is 580 g/mol. The van der Waals surface area contributed by atoms with Gasteiger partial charge >= 0.3 is 0 Å². The van der Waals surface area contributed by atoms with Crippen molar-refractivity contribution in [3.05, 3.63) is 95.6 Å². The quantitative estimate of drug-likeness (QED) is 0.205. The molecule has 206 valence electrons. The van der Waals surface area contributed by atoms with Crippen LogP contribution in [-0.2, 0) is 10.0 Å². The molecule has 2 unspecified atom stereocenters. The Kier molecular flexibility index (Phi) is 7.30. The molecule has 0 bridgehead atoms. The van der Waals surface area contributed by atoms with Gasteiger partial charge in [-0.05, 0) is 60.7 Å². The van der Waals surface area contributed by atoms with Crippen molar-refractivity contribution in [3.8, 4) is 23.0 Å². The van der Waals surface area contributed by atoms with E-state index in [1.165, 1.54) is 11.3 Å². The summed E-state index contributed by atoms with van der Waals surface area (Å²) < 4.78 is 31.8. The summed E-state index contributed by atoms with van der Waals surface area (Å²) in [6.07, 6.45) is 4.67. The summed E-state index contributed by atoms with van der Waals surface area (Å²) in [4.78, 5) is 4.92. The lowest BCUT2D eigenvalue weighted by molar-refractivity contribution is 0.222. The smallest absolute Gasteiger partial charge is 0.240 e. The maximum absolute atomic E-state index is 13.7. The molecule has 1 aliphatic heterocycles. The monoisotopic (exact) mass is 579 g/mol. The van der Waals surface area contributed by atoms with Crippen LogP contribution in [0, 0.1) is 23.2 Å². The minimum absolute atomic E-state index is 0.243. The molecule has 3 aromatic carbocycles. The first-order chi connectivity index (χ1) is 19.8. The lowest BCUT2D eigenvalue weighted by Gasteiger charge is -2.34. The van der Waals surface area contributed by atoms with E-state index in [1.807, 2.05) is 66.9 Å². The van der Waals surface area contributed by atoms with Gasteiger partial charge in [-0.15, -0.1) is 11.3 Å². The Labute approximate surface area is 244 Å². The van der Waals surface area contributed by atoms with E-state index in [9.17, 15) is 13.7 Å². The zero-order valence-corrected chi connectivity index (χ0v) is 24.4. The Morgan fingerprint density at radius 2 is 1.73 bits per heavy atom. The van der Waals surface area contributed by atoms with E-state index in [0.29, 0.717) is 52.3 Å². The van der Waals surface area contributed by atoms with Crippen LogP contribution in [0.2, 0.25) is 0 Å². The molecule has 0 saturated carbocycles. The standard InChI is InChI=1S/C32H29N5O2S2/c1-22-15-23(2)20-36(19-22)41(38,39)28-12-8-9-24(17-28)31-26(21-37(35-31)27-10-4-3-5-11-27)16-25(18-33)32-34-29-13-6-7-14-30(29)40-32/h3-14,16-17,21-23H,15,19-20H2,1-2H3/b25-16-. The largest absolute Gasteiger partial charge is 0.243 e. The third-order valence-electron chi connectivity index (χ3n) is 7.29. The third-order valence-corrected chi connectivity index (χ3v) is 10.2. The van der Waals surface area contributed by atoms with Crippen LogP contribution in [0.4, 0.5) is 0 Å². The van der Waals surface area contributed by atoms with Crippen LogP contribution in [0.3, 0.4) is 0 Å². The number of piperidine rings is 1. The summed E-state index contributed by atoms with van der Waals surface area (Å²) in [5.41, 5.74) is 4.05. The van der Waals surface area contributed by atoms with E-state index in [1.54, 1.807) is 33.3 Å². The fourth-order valence-corrected chi connectivity index (χ4v) is 8.13. The molecule has 9 heteroatoms. The van der Waals surface area contributed by atoms with E-state index in [4.69, 9.17) is 5.10 Å². The number of para-hydroxylation sites is 2. The predicted octanol–water partition coefficient (Wildman–Crippen LogP) is 6.88. The number of allylic oxidation sites excluding steroid dienone is 1. The van der Waals surface area contributed by atoms with Gasteiger partial charge in [0.2, 0.25) is 10.0 Å². The third kappa shape index (κ3) is 5.46. The number of hydrogen-bond acceptors (Lipinski definition) is 6. The normalized spacial score (nSPS) is 18.4. The summed E-state index contributed by atoms with van der Waals surface area (Å²) in [5, 5.41) is 15.6. The fourth-order valence-electron chi connectivity index (χ4n) is 5.47. The summed E-state index contributed by atoms with van der Waals surface area (Å²) >= 11 is 1.46.